The van der Waals surface area contributed by atoms with Crippen LogP contribution in [0.3, 0.4) is 0 Å². The molecule has 0 radical (unpaired) electrons. The summed E-state index contributed by atoms with van der Waals surface area (Å²) in [7, 11) is 1.85. The number of fused-ring (bicyclic) bond motifs is 2. The van der Waals surface area contributed by atoms with Crippen LogP contribution in [0.1, 0.15) is 18.9 Å². The van der Waals surface area contributed by atoms with E-state index in [0.717, 1.165) is 41.8 Å². The van der Waals surface area contributed by atoms with Crippen molar-refractivity contribution in [2.75, 3.05) is 23.8 Å². The first-order chi connectivity index (χ1) is 13.2. The number of aromatic nitrogens is 2. The summed E-state index contributed by atoms with van der Waals surface area (Å²) in [5.74, 6) is 0.890. The molecule has 0 saturated carbocycles. The maximum Gasteiger partial charge on any atom is 0.240 e. The number of hydrogen-bond acceptors (Lipinski definition) is 5. The number of amides is 1. The summed E-state index contributed by atoms with van der Waals surface area (Å²) in [5.41, 5.74) is 3.16. The Morgan fingerprint density at radius 2 is 1.93 bits per heavy atom. The first-order valence-electron chi connectivity index (χ1n) is 9.18. The van der Waals surface area contributed by atoms with Crippen LogP contribution < -0.4 is 10.2 Å². The molecule has 3 aromatic rings. The smallest absolute Gasteiger partial charge is 0.240 e. The number of aryl methyl sites for hydroxylation is 1. The van der Waals surface area contributed by atoms with Crippen LogP contribution in [-0.4, -0.2) is 34.7 Å². The molecular weight excluding hydrogens is 356 g/mol. The van der Waals surface area contributed by atoms with Crippen molar-refractivity contribution in [3.63, 3.8) is 0 Å². The highest BCUT2D eigenvalue weighted by Crippen LogP contribution is 2.31. The maximum atomic E-state index is 13.1. The number of carbonyl (C=O) groups excluding carboxylic acids is 1. The second-order valence-electron chi connectivity index (χ2n) is 6.60. The lowest BCUT2D eigenvalue weighted by molar-refractivity contribution is -0.117. The van der Waals surface area contributed by atoms with Gasteiger partial charge < -0.3 is 10.2 Å². The molecule has 0 aliphatic carbocycles. The van der Waals surface area contributed by atoms with Crippen LogP contribution in [0.5, 0.6) is 0 Å². The normalized spacial score (nSPS) is 14.7. The zero-order chi connectivity index (χ0) is 18.8. The molecule has 4 rings (SSSR count). The van der Waals surface area contributed by atoms with E-state index in [1.54, 1.807) is 0 Å². The zero-order valence-electron chi connectivity index (χ0n) is 15.5. The number of anilines is 2. The second-order valence-corrected chi connectivity index (χ2v) is 7.91. The summed E-state index contributed by atoms with van der Waals surface area (Å²) in [5, 5.41) is 4.46. The number of nitrogens with one attached hydrogen (secondary N) is 1. The number of nitrogens with zero attached hydrogens (tertiary/aromatic N) is 3. The van der Waals surface area contributed by atoms with E-state index in [4.69, 9.17) is 0 Å². The third-order valence-electron chi connectivity index (χ3n) is 4.83. The van der Waals surface area contributed by atoms with Gasteiger partial charge in [-0.3, -0.25) is 4.79 Å². The standard InChI is InChI=1S/C21H22N4OS/c1-14(20(26)25-13-7-9-15-8-3-6-12-18(15)25)27-21-23-17-11-5-4-10-16(17)19(22-2)24-21/h3-6,8,10-12,14H,7,9,13H2,1-2H3,(H,22,23,24)/t14-/m0/s1. The molecule has 27 heavy (non-hydrogen) atoms. The molecule has 2 aromatic carbocycles. The first-order valence-corrected chi connectivity index (χ1v) is 10.1. The minimum atomic E-state index is -0.262. The quantitative estimate of drug-likeness (QED) is 0.546. The lowest BCUT2D eigenvalue weighted by Gasteiger charge is -2.31. The molecule has 0 bridgehead atoms. The summed E-state index contributed by atoms with van der Waals surface area (Å²) >= 11 is 1.41. The van der Waals surface area contributed by atoms with Crippen LogP contribution in [0, 0.1) is 0 Å². The molecule has 1 aromatic heterocycles. The minimum absolute atomic E-state index is 0.106. The Balaban J connectivity index is 1.58. The van der Waals surface area contributed by atoms with Crippen LogP contribution in [0.4, 0.5) is 11.5 Å². The highest BCUT2D eigenvalue weighted by molar-refractivity contribution is 8.00. The van der Waals surface area contributed by atoms with Gasteiger partial charge >= 0.3 is 0 Å². The van der Waals surface area contributed by atoms with Crippen molar-refractivity contribution < 1.29 is 4.79 Å². The Morgan fingerprint density at radius 1 is 1.15 bits per heavy atom. The van der Waals surface area contributed by atoms with Gasteiger partial charge in [-0.15, -0.1) is 0 Å². The van der Waals surface area contributed by atoms with E-state index in [9.17, 15) is 4.79 Å². The van der Waals surface area contributed by atoms with Crippen LogP contribution in [0.15, 0.2) is 53.7 Å². The highest BCUT2D eigenvalue weighted by atomic mass is 32.2. The van der Waals surface area contributed by atoms with Crippen molar-refractivity contribution in [3.8, 4) is 0 Å². The Kier molecular flexibility index (Phi) is 4.99. The fourth-order valence-electron chi connectivity index (χ4n) is 3.49. The van der Waals surface area contributed by atoms with Crippen molar-refractivity contribution >= 4 is 40.1 Å². The number of benzene rings is 2. The topological polar surface area (TPSA) is 58.1 Å². The van der Waals surface area contributed by atoms with Crippen LogP contribution in [-0.2, 0) is 11.2 Å². The SMILES string of the molecule is CNc1nc(S[C@@H](C)C(=O)N2CCCc3ccccc32)nc2ccccc12. The fraction of sp³-hybridized carbons (Fsp3) is 0.286. The molecule has 0 unspecified atom stereocenters. The molecular formula is C21H22N4OS. The lowest BCUT2D eigenvalue weighted by atomic mass is 10.0. The van der Waals surface area contributed by atoms with Crippen molar-refractivity contribution in [1.29, 1.82) is 0 Å². The largest absolute Gasteiger partial charge is 0.372 e. The van der Waals surface area contributed by atoms with E-state index >= 15 is 0 Å². The van der Waals surface area contributed by atoms with E-state index < -0.39 is 0 Å². The predicted octanol–water partition coefficient (Wildman–Crippen LogP) is 4.13. The number of carbonyl (C=O) groups is 1. The Hall–Kier alpha value is -2.60. The molecule has 1 amide bonds. The van der Waals surface area contributed by atoms with Gasteiger partial charge in [-0.2, -0.15) is 0 Å². The van der Waals surface area contributed by atoms with Crippen molar-refractivity contribution in [3.05, 3.63) is 54.1 Å². The molecule has 5 nitrogen and oxygen atoms in total. The minimum Gasteiger partial charge on any atom is -0.372 e. The Labute approximate surface area is 163 Å². The van der Waals surface area contributed by atoms with Gasteiger partial charge in [0.1, 0.15) is 5.82 Å². The average molecular weight is 379 g/mol. The summed E-state index contributed by atoms with van der Waals surface area (Å²) in [4.78, 5) is 24.3. The highest BCUT2D eigenvalue weighted by Gasteiger charge is 2.27. The molecule has 0 saturated heterocycles. The van der Waals surface area contributed by atoms with E-state index in [1.165, 1.54) is 17.3 Å². The summed E-state index contributed by atoms with van der Waals surface area (Å²) < 4.78 is 0. The van der Waals surface area contributed by atoms with Gasteiger partial charge in [0.25, 0.3) is 0 Å². The predicted molar refractivity (Wildman–Crippen MR) is 112 cm³/mol. The van der Waals surface area contributed by atoms with Gasteiger partial charge in [0, 0.05) is 24.7 Å². The number of thioether (sulfide) groups is 1. The van der Waals surface area contributed by atoms with Gasteiger partial charge in [-0.25, -0.2) is 9.97 Å². The van der Waals surface area contributed by atoms with Gasteiger partial charge in [-0.05, 0) is 43.5 Å². The summed E-state index contributed by atoms with van der Waals surface area (Å²) in [6.45, 7) is 2.70. The maximum absolute atomic E-state index is 13.1. The second kappa shape index (κ2) is 7.56. The van der Waals surface area contributed by atoms with Gasteiger partial charge in [0.05, 0.1) is 10.8 Å². The summed E-state index contributed by atoms with van der Waals surface area (Å²) in [6, 6.07) is 16.1. The van der Waals surface area contributed by atoms with E-state index in [-0.39, 0.29) is 11.2 Å². The van der Waals surface area contributed by atoms with Crippen LogP contribution in [0.25, 0.3) is 10.9 Å². The van der Waals surface area contributed by atoms with E-state index in [0.29, 0.717) is 5.16 Å². The first kappa shape index (κ1) is 17.8. The molecule has 1 aliphatic heterocycles. The molecule has 1 aliphatic rings. The Morgan fingerprint density at radius 3 is 2.78 bits per heavy atom. The van der Waals surface area contributed by atoms with E-state index in [2.05, 4.69) is 21.4 Å². The molecule has 138 valence electrons. The van der Waals surface area contributed by atoms with Crippen LogP contribution in [0.2, 0.25) is 0 Å². The lowest BCUT2D eigenvalue weighted by Crippen LogP contribution is -2.40. The van der Waals surface area contributed by atoms with Crippen molar-refractivity contribution in [2.45, 2.75) is 30.2 Å². The van der Waals surface area contributed by atoms with Gasteiger partial charge in [0.15, 0.2) is 5.16 Å². The molecule has 6 heteroatoms. The van der Waals surface area contributed by atoms with Crippen molar-refractivity contribution in [1.82, 2.24) is 9.97 Å². The third kappa shape index (κ3) is 3.49. The fourth-order valence-corrected chi connectivity index (χ4v) is 4.33. The van der Waals surface area contributed by atoms with E-state index in [1.807, 2.05) is 61.3 Å². The third-order valence-corrected chi connectivity index (χ3v) is 5.77. The number of para-hydroxylation sites is 2. The molecule has 2 heterocycles. The number of rotatable bonds is 4. The molecule has 1 N–H and O–H groups in total. The molecule has 1 atom stereocenters. The Bertz CT molecular complexity index is 991. The molecule has 0 fully saturated rings. The van der Waals surface area contributed by atoms with Crippen LogP contribution >= 0.6 is 11.8 Å². The van der Waals surface area contributed by atoms with Gasteiger partial charge in [0.2, 0.25) is 5.91 Å². The monoisotopic (exact) mass is 378 g/mol. The summed E-state index contributed by atoms with van der Waals surface area (Å²) in [6.07, 6.45) is 2.03. The zero-order valence-corrected chi connectivity index (χ0v) is 16.3. The van der Waals surface area contributed by atoms with Crippen molar-refractivity contribution in [2.24, 2.45) is 0 Å². The number of hydrogen-bond donors (Lipinski definition) is 1. The molecule has 0 spiro atoms. The van der Waals surface area contributed by atoms with Gasteiger partial charge in [-0.1, -0.05) is 42.1 Å². The average Bonchev–Trinajstić information content (AvgIpc) is 2.72.